The van der Waals surface area contributed by atoms with Crippen molar-refractivity contribution < 1.29 is 14.6 Å². The highest BCUT2D eigenvalue weighted by Gasteiger charge is 2.17. The minimum absolute atomic E-state index is 0.151. The first-order chi connectivity index (χ1) is 9.52. The van der Waals surface area contributed by atoms with Crippen LogP contribution in [-0.4, -0.2) is 17.3 Å². The average molecular weight is 309 g/mol. The molecule has 0 radical (unpaired) electrons. The number of aromatic carboxylic acids is 1. The standard InChI is InChI=1S/C15H13ClO3S/c1-9-6-7-10(16)12(8-9)19-11-4-3-5-13(20-2)14(11)15(17)18/h3-8H,1-2H3,(H,17,18). The minimum Gasteiger partial charge on any atom is -0.478 e. The third kappa shape index (κ3) is 3.08. The smallest absolute Gasteiger partial charge is 0.340 e. The predicted molar refractivity (Wildman–Crippen MR) is 81.4 cm³/mol. The van der Waals surface area contributed by atoms with Gasteiger partial charge in [-0.15, -0.1) is 11.8 Å². The van der Waals surface area contributed by atoms with Crippen LogP contribution < -0.4 is 4.74 Å². The second-order valence-corrected chi connectivity index (χ2v) is 5.43. The highest BCUT2D eigenvalue weighted by atomic mass is 35.5. The normalized spacial score (nSPS) is 10.3. The molecule has 0 atom stereocenters. The monoisotopic (exact) mass is 308 g/mol. The summed E-state index contributed by atoms with van der Waals surface area (Å²) in [7, 11) is 0. The molecule has 3 nitrogen and oxygen atoms in total. The van der Waals surface area contributed by atoms with Gasteiger partial charge < -0.3 is 9.84 Å². The maximum atomic E-state index is 11.4. The summed E-state index contributed by atoms with van der Waals surface area (Å²) < 4.78 is 5.70. The molecule has 20 heavy (non-hydrogen) atoms. The van der Waals surface area contributed by atoms with Crippen molar-refractivity contribution in [1.82, 2.24) is 0 Å². The molecular weight excluding hydrogens is 296 g/mol. The number of thioether (sulfide) groups is 1. The van der Waals surface area contributed by atoms with Gasteiger partial charge in [-0.1, -0.05) is 23.7 Å². The Hall–Kier alpha value is -1.65. The van der Waals surface area contributed by atoms with Crippen molar-refractivity contribution >= 4 is 29.3 Å². The lowest BCUT2D eigenvalue weighted by Crippen LogP contribution is -2.02. The van der Waals surface area contributed by atoms with Crippen LogP contribution in [0.2, 0.25) is 5.02 Å². The molecule has 2 aromatic carbocycles. The molecule has 0 heterocycles. The van der Waals surface area contributed by atoms with Gasteiger partial charge in [-0.2, -0.15) is 0 Å². The summed E-state index contributed by atoms with van der Waals surface area (Å²) in [6, 6.07) is 10.5. The minimum atomic E-state index is -1.02. The lowest BCUT2D eigenvalue weighted by molar-refractivity contribution is 0.0690. The first kappa shape index (κ1) is 14.8. The van der Waals surface area contributed by atoms with E-state index in [-0.39, 0.29) is 11.3 Å². The maximum Gasteiger partial charge on any atom is 0.340 e. The van der Waals surface area contributed by atoms with Gasteiger partial charge in [0, 0.05) is 4.90 Å². The van der Waals surface area contributed by atoms with Gasteiger partial charge in [-0.25, -0.2) is 4.79 Å². The Balaban J connectivity index is 2.48. The lowest BCUT2D eigenvalue weighted by atomic mass is 10.2. The maximum absolute atomic E-state index is 11.4. The molecular formula is C15H13ClO3S. The fourth-order valence-corrected chi connectivity index (χ4v) is 2.55. The molecule has 0 bridgehead atoms. The van der Waals surface area contributed by atoms with Crippen LogP contribution in [0.5, 0.6) is 11.5 Å². The van der Waals surface area contributed by atoms with Crippen LogP contribution in [0.25, 0.3) is 0 Å². The zero-order chi connectivity index (χ0) is 14.7. The van der Waals surface area contributed by atoms with Crippen molar-refractivity contribution in [3.63, 3.8) is 0 Å². The van der Waals surface area contributed by atoms with E-state index in [1.165, 1.54) is 11.8 Å². The molecule has 2 rings (SSSR count). The molecule has 0 amide bonds. The Morgan fingerprint density at radius 3 is 2.65 bits per heavy atom. The quantitative estimate of drug-likeness (QED) is 0.819. The number of carbonyl (C=O) groups is 1. The molecule has 0 fully saturated rings. The van der Waals surface area contributed by atoms with Crippen molar-refractivity contribution in [2.75, 3.05) is 6.26 Å². The topological polar surface area (TPSA) is 46.5 Å². The zero-order valence-corrected chi connectivity index (χ0v) is 12.6. The van der Waals surface area contributed by atoms with E-state index in [0.717, 1.165) is 5.56 Å². The third-order valence-corrected chi connectivity index (χ3v) is 3.82. The Kier molecular flexibility index (Phi) is 4.57. The van der Waals surface area contributed by atoms with E-state index in [2.05, 4.69) is 0 Å². The SMILES string of the molecule is CSc1cccc(Oc2cc(C)ccc2Cl)c1C(=O)O. The molecule has 0 saturated heterocycles. The third-order valence-electron chi connectivity index (χ3n) is 2.73. The van der Waals surface area contributed by atoms with Crippen molar-refractivity contribution in [2.24, 2.45) is 0 Å². The van der Waals surface area contributed by atoms with E-state index in [9.17, 15) is 9.90 Å². The van der Waals surface area contributed by atoms with Gasteiger partial charge in [0.05, 0.1) is 5.02 Å². The van der Waals surface area contributed by atoms with Crippen LogP contribution in [0.15, 0.2) is 41.3 Å². The van der Waals surface area contributed by atoms with Gasteiger partial charge in [-0.05, 0) is 43.0 Å². The van der Waals surface area contributed by atoms with Crippen molar-refractivity contribution in [3.8, 4) is 11.5 Å². The predicted octanol–water partition coefficient (Wildman–Crippen LogP) is 4.86. The van der Waals surface area contributed by atoms with Crippen molar-refractivity contribution in [1.29, 1.82) is 0 Å². The lowest BCUT2D eigenvalue weighted by Gasteiger charge is -2.12. The summed E-state index contributed by atoms with van der Waals surface area (Å²) >= 11 is 7.44. The molecule has 0 aliphatic heterocycles. The van der Waals surface area contributed by atoms with Gasteiger partial charge in [0.1, 0.15) is 17.1 Å². The van der Waals surface area contributed by atoms with Crippen LogP contribution in [0.3, 0.4) is 0 Å². The van der Waals surface area contributed by atoms with Crippen LogP contribution in [0.1, 0.15) is 15.9 Å². The first-order valence-corrected chi connectivity index (χ1v) is 7.47. The molecule has 0 aliphatic carbocycles. The van der Waals surface area contributed by atoms with Gasteiger partial charge >= 0.3 is 5.97 Å². The summed E-state index contributed by atoms with van der Waals surface area (Å²) in [6.45, 7) is 1.92. The number of halogens is 1. The Morgan fingerprint density at radius 2 is 2.00 bits per heavy atom. The van der Waals surface area contributed by atoms with Gasteiger partial charge in [0.25, 0.3) is 0 Å². The first-order valence-electron chi connectivity index (χ1n) is 5.87. The van der Waals surface area contributed by atoms with Crippen LogP contribution >= 0.6 is 23.4 Å². The fourth-order valence-electron chi connectivity index (χ4n) is 1.78. The van der Waals surface area contributed by atoms with Crippen LogP contribution in [0.4, 0.5) is 0 Å². The Bertz CT molecular complexity index is 656. The van der Waals surface area contributed by atoms with Crippen molar-refractivity contribution in [3.05, 3.63) is 52.5 Å². The Morgan fingerprint density at radius 1 is 1.25 bits per heavy atom. The number of aryl methyl sites for hydroxylation is 1. The van der Waals surface area contributed by atoms with E-state index >= 15 is 0 Å². The summed E-state index contributed by atoms with van der Waals surface area (Å²) in [5, 5.41) is 9.80. The number of rotatable bonds is 4. The second kappa shape index (κ2) is 6.20. The zero-order valence-electron chi connectivity index (χ0n) is 11.0. The second-order valence-electron chi connectivity index (χ2n) is 4.17. The molecule has 0 aromatic heterocycles. The molecule has 0 unspecified atom stereocenters. The number of carboxylic acids is 1. The highest BCUT2D eigenvalue weighted by Crippen LogP contribution is 2.35. The number of hydrogen-bond donors (Lipinski definition) is 1. The van der Waals surface area contributed by atoms with E-state index in [4.69, 9.17) is 16.3 Å². The van der Waals surface area contributed by atoms with Gasteiger partial charge in [-0.3, -0.25) is 0 Å². The van der Waals surface area contributed by atoms with Crippen molar-refractivity contribution in [2.45, 2.75) is 11.8 Å². The summed E-state index contributed by atoms with van der Waals surface area (Å²) in [5.74, 6) is -0.280. The Labute approximate surface area is 126 Å². The highest BCUT2D eigenvalue weighted by molar-refractivity contribution is 7.98. The molecule has 0 spiro atoms. The number of ether oxygens (including phenoxy) is 1. The average Bonchev–Trinajstić information content (AvgIpc) is 2.42. The van der Waals surface area contributed by atoms with Crippen LogP contribution in [-0.2, 0) is 0 Å². The summed E-state index contributed by atoms with van der Waals surface area (Å²) in [4.78, 5) is 12.1. The molecule has 0 aliphatic rings. The molecule has 104 valence electrons. The fraction of sp³-hybridized carbons (Fsp3) is 0.133. The molecule has 0 saturated carbocycles. The number of hydrogen-bond acceptors (Lipinski definition) is 3. The van der Waals surface area contributed by atoms with E-state index in [1.54, 1.807) is 30.3 Å². The number of carboxylic acid groups (broad SMARTS) is 1. The van der Waals surface area contributed by atoms with Gasteiger partial charge in [0.15, 0.2) is 0 Å². The summed E-state index contributed by atoms with van der Waals surface area (Å²) in [5.41, 5.74) is 1.14. The number of benzene rings is 2. The van der Waals surface area contributed by atoms with E-state index < -0.39 is 5.97 Å². The summed E-state index contributed by atoms with van der Waals surface area (Å²) in [6.07, 6.45) is 1.82. The van der Waals surface area contributed by atoms with E-state index in [0.29, 0.717) is 15.7 Å². The van der Waals surface area contributed by atoms with E-state index in [1.807, 2.05) is 19.2 Å². The molecule has 2 aromatic rings. The largest absolute Gasteiger partial charge is 0.478 e. The van der Waals surface area contributed by atoms with Crippen LogP contribution in [0, 0.1) is 6.92 Å². The van der Waals surface area contributed by atoms with Gasteiger partial charge in [0.2, 0.25) is 0 Å². The molecule has 1 N–H and O–H groups in total. The molecule has 5 heteroatoms.